The number of hydrogen-bond acceptors (Lipinski definition) is 6. The number of carbonyl (C=O) groups is 1. The van der Waals surface area contributed by atoms with Gasteiger partial charge in [-0.1, -0.05) is 197 Å². The molecular weight excluding hydrogens is 770 g/mol. The summed E-state index contributed by atoms with van der Waals surface area (Å²) in [6.07, 6.45) is 55.4. The lowest BCUT2D eigenvalue weighted by atomic mass is 10.0. The van der Waals surface area contributed by atoms with Gasteiger partial charge in [0, 0.05) is 13.0 Å². The fraction of sp³-hybridized carbons (Fsp3) is 0.784. The summed E-state index contributed by atoms with van der Waals surface area (Å²) in [5.74, 6) is -0.317. The Bertz CT molecular complexity index is 1140. The summed E-state index contributed by atoms with van der Waals surface area (Å²) < 4.78 is 35.1. The maximum atomic E-state index is 12.7. The van der Waals surface area contributed by atoms with Crippen LogP contribution in [0.5, 0.6) is 0 Å². The van der Waals surface area contributed by atoms with Gasteiger partial charge in [0.25, 0.3) is 0 Å². The molecule has 0 radical (unpaired) electrons. The van der Waals surface area contributed by atoms with Crippen LogP contribution in [0, 0.1) is 0 Å². The zero-order valence-corrected chi connectivity index (χ0v) is 40.6. The van der Waals surface area contributed by atoms with Crippen molar-refractivity contribution in [2.45, 2.75) is 206 Å². The quantitative estimate of drug-likeness (QED) is 0.0214. The molecule has 0 rings (SSSR count). The monoisotopic (exact) mass is 865 g/mol. The molecule has 0 heterocycles. The Morgan fingerprint density at radius 2 is 0.967 bits per heavy atom. The van der Waals surface area contributed by atoms with E-state index in [1.807, 2.05) is 21.1 Å². The third kappa shape index (κ3) is 47.3. The molecule has 0 aliphatic rings. The van der Waals surface area contributed by atoms with E-state index in [-0.39, 0.29) is 25.8 Å². The van der Waals surface area contributed by atoms with Crippen LogP contribution in [-0.4, -0.2) is 75.6 Å². The predicted octanol–water partition coefficient (Wildman–Crippen LogP) is 14.9. The van der Waals surface area contributed by atoms with E-state index in [9.17, 15) is 14.3 Å². The number of likely N-dealkylation sites (N-methyl/N-ethyl adjacent to an activating group) is 1. The molecule has 2 unspecified atom stereocenters. The molecular formula is C51H95NO7P+. The number of unbranched alkanes of at least 4 members (excludes halogenated alkanes) is 21. The van der Waals surface area contributed by atoms with Gasteiger partial charge in [-0.25, -0.2) is 4.57 Å². The van der Waals surface area contributed by atoms with E-state index in [1.54, 1.807) is 0 Å². The molecule has 0 amide bonds. The summed E-state index contributed by atoms with van der Waals surface area (Å²) in [5.41, 5.74) is 0. The van der Waals surface area contributed by atoms with Crippen molar-refractivity contribution in [2.75, 3.05) is 54.1 Å². The minimum atomic E-state index is -4.28. The van der Waals surface area contributed by atoms with Crippen molar-refractivity contribution in [3.05, 3.63) is 60.8 Å². The van der Waals surface area contributed by atoms with Crippen LogP contribution in [0.3, 0.4) is 0 Å². The van der Waals surface area contributed by atoms with E-state index in [4.69, 9.17) is 18.5 Å². The molecule has 2 atom stereocenters. The second-order valence-electron chi connectivity index (χ2n) is 17.5. The van der Waals surface area contributed by atoms with E-state index in [1.165, 1.54) is 109 Å². The van der Waals surface area contributed by atoms with Crippen LogP contribution < -0.4 is 0 Å². The van der Waals surface area contributed by atoms with Gasteiger partial charge in [-0.05, 0) is 57.8 Å². The number of rotatable bonds is 45. The molecule has 0 bridgehead atoms. The summed E-state index contributed by atoms with van der Waals surface area (Å²) in [6.45, 7) is 5.50. The van der Waals surface area contributed by atoms with E-state index in [0.29, 0.717) is 24.1 Å². The van der Waals surface area contributed by atoms with Crippen LogP contribution in [0.25, 0.3) is 0 Å². The molecule has 0 aliphatic heterocycles. The Hall–Kier alpha value is -1.80. The predicted molar refractivity (Wildman–Crippen MR) is 256 cm³/mol. The van der Waals surface area contributed by atoms with Crippen molar-refractivity contribution in [2.24, 2.45) is 0 Å². The summed E-state index contributed by atoms with van der Waals surface area (Å²) in [7, 11) is 1.66. The van der Waals surface area contributed by atoms with Gasteiger partial charge < -0.3 is 18.9 Å². The van der Waals surface area contributed by atoms with Crippen molar-refractivity contribution < 1.29 is 37.3 Å². The molecule has 9 heteroatoms. The Morgan fingerprint density at radius 3 is 1.45 bits per heavy atom. The van der Waals surface area contributed by atoms with Gasteiger partial charge in [0.1, 0.15) is 19.3 Å². The van der Waals surface area contributed by atoms with Crippen molar-refractivity contribution >= 4 is 13.8 Å². The topological polar surface area (TPSA) is 91.3 Å². The molecule has 0 saturated carbocycles. The third-order valence-corrected chi connectivity index (χ3v) is 11.3. The number of esters is 1. The zero-order valence-electron chi connectivity index (χ0n) is 39.7. The molecule has 0 spiro atoms. The first-order valence-corrected chi connectivity index (χ1v) is 26.0. The van der Waals surface area contributed by atoms with Gasteiger partial charge in [0.2, 0.25) is 0 Å². The van der Waals surface area contributed by atoms with E-state index < -0.39 is 13.9 Å². The smallest absolute Gasteiger partial charge is 0.457 e. The summed E-state index contributed by atoms with van der Waals surface area (Å²) >= 11 is 0. The van der Waals surface area contributed by atoms with Crippen LogP contribution >= 0.6 is 7.82 Å². The standard InChI is InChI=1S/C51H94NO7P/c1-6-8-10-12-14-16-18-20-22-23-24-25-26-27-28-29-30-31-33-35-37-39-41-43-46-56-48-50(49-58-60(54,55)57-47-45-52(3,4)5)59-51(53)44-42-40-38-36-34-32-21-19-17-15-13-11-9-7-2/h8,10,14,16,20,22,24-25,27-28,50H,6-7,9,11-13,15,17-19,21,23,26,29-49H2,1-5H3/p+1/b10-8-,16-14-,22-20-,25-24-,28-27-. The first kappa shape index (κ1) is 58.2. The van der Waals surface area contributed by atoms with Crippen molar-refractivity contribution in [3.63, 3.8) is 0 Å². The van der Waals surface area contributed by atoms with Crippen LogP contribution in [-0.2, 0) is 27.9 Å². The number of ether oxygens (including phenoxy) is 2. The Morgan fingerprint density at radius 1 is 0.533 bits per heavy atom. The Kier molecular flexibility index (Phi) is 42.5. The molecule has 60 heavy (non-hydrogen) atoms. The molecule has 8 nitrogen and oxygen atoms in total. The van der Waals surface area contributed by atoms with Crippen LogP contribution in [0.4, 0.5) is 0 Å². The average molecular weight is 865 g/mol. The fourth-order valence-electron chi connectivity index (χ4n) is 6.58. The van der Waals surface area contributed by atoms with Gasteiger partial charge in [-0.2, -0.15) is 0 Å². The Balaban J connectivity index is 4.15. The molecule has 0 aromatic carbocycles. The number of quaternary nitrogens is 1. The van der Waals surface area contributed by atoms with Crippen molar-refractivity contribution in [3.8, 4) is 0 Å². The normalized spacial score (nSPS) is 14.2. The lowest BCUT2D eigenvalue weighted by Crippen LogP contribution is -2.37. The second kappa shape index (κ2) is 43.8. The molecule has 0 aliphatic carbocycles. The maximum Gasteiger partial charge on any atom is 0.472 e. The second-order valence-corrected chi connectivity index (χ2v) is 18.9. The van der Waals surface area contributed by atoms with Gasteiger partial charge >= 0.3 is 13.8 Å². The number of allylic oxidation sites excluding steroid dienone is 10. The van der Waals surface area contributed by atoms with Crippen LogP contribution in [0.2, 0.25) is 0 Å². The average Bonchev–Trinajstić information content (AvgIpc) is 3.20. The number of nitrogens with zero attached hydrogens (tertiary/aromatic N) is 1. The molecule has 0 fully saturated rings. The van der Waals surface area contributed by atoms with Gasteiger partial charge in [0.05, 0.1) is 34.4 Å². The SMILES string of the molecule is CC/C=C\C/C=C\C/C=C\C/C=C\C/C=C\CCCCCCCCCCOCC(COP(=O)(O)OCC[N+](C)(C)C)OC(=O)CCCCCCCCCCCCCCCC. The lowest BCUT2D eigenvalue weighted by Gasteiger charge is -2.24. The number of hydrogen-bond donors (Lipinski definition) is 1. The van der Waals surface area contributed by atoms with Gasteiger partial charge in [0.15, 0.2) is 0 Å². The minimum Gasteiger partial charge on any atom is -0.457 e. The van der Waals surface area contributed by atoms with Crippen LogP contribution in [0.1, 0.15) is 200 Å². The highest BCUT2D eigenvalue weighted by atomic mass is 31.2. The van der Waals surface area contributed by atoms with Gasteiger partial charge in [-0.3, -0.25) is 13.8 Å². The van der Waals surface area contributed by atoms with Crippen molar-refractivity contribution in [1.82, 2.24) is 0 Å². The Labute approximate surface area is 370 Å². The minimum absolute atomic E-state index is 0.0858. The molecule has 0 aromatic rings. The highest BCUT2D eigenvalue weighted by molar-refractivity contribution is 7.47. The summed E-state index contributed by atoms with van der Waals surface area (Å²) in [4.78, 5) is 22.9. The maximum absolute atomic E-state index is 12.7. The molecule has 0 aromatic heterocycles. The number of carbonyl (C=O) groups excluding carboxylic acids is 1. The number of phosphoric ester groups is 1. The largest absolute Gasteiger partial charge is 0.472 e. The fourth-order valence-corrected chi connectivity index (χ4v) is 7.32. The zero-order chi connectivity index (χ0) is 44.1. The molecule has 350 valence electrons. The highest BCUT2D eigenvalue weighted by Gasteiger charge is 2.26. The van der Waals surface area contributed by atoms with E-state index in [2.05, 4.69) is 74.6 Å². The lowest BCUT2D eigenvalue weighted by molar-refractivity contribution is -0.870. The number of phosphoric acid groups is 1. The first-order valence-electron chi connectivity index (χ1n) is 24.5. The summed E-state index contributed by atoms with van der Waals surface area (Å²) in [5, 5.41) is 0. The highest BCUT2D eigenvalue weighted by Crippen LogP contribution is 2.43. The van der Waals surface area contributed by atoms with Gasteiger partial charge in [-0.15, -0.1) is 0 Å². The van der Waals surface area contributed by atoms with Crippen LogP contribution in [0.15, 0.2) is 60.8 Å². The first-order chi connectivity index (χ1) is 29.1. The third-order valence-electron chi connectivity index (χ3n) is 10.3. The van der Waals surface area contributed by atoms with E-state index in [0.717, 1.165) is 70.6 Å². The van der Waals surface area contributed by atoms with Crippen molar-refractivity contribution in [1.29, 1.82) is 0 Å². The van der Waals surface area contributed by atoms with E-state index >= 15 is 0 Å². The molecule has 1 N–H and O–H groups in total. The molecule has 0 saturated heterocycles. The summed E-state index contributed by atoms with van der Waals surface area (Å²) in [6, 6.07) is 0.